The monoisotopic (exact) mass is 302 g/mol. The van der Waals surface area contributed by atoms with Crippen molar-refractivity contribution in [1.82, 2.24) is 5.32 Å². The number of nitrogens with one attached hydrogen (secondary N) is 1. The van der Waals surface area contributed by atoms with Crippen molar-refractivity contribution in [2.24, 2.45) is 0 Å². The van der Waals surface area contributed by atoms with Crippen LogP contribution in [0.5, 0.6) is 0 Å². The molecule has 1 N–H and O–H groups in total. The Kier molecular flexibility index (Phi) is 3.90. The molecule has 3 rings (SSSR count). The highest BCUT2D eigenvalue weighted by atomic mass is 35.5. The molecule has 0 amide bonds. The van der Waals surface area contributed by atoms with Gasteiger partial charge in [0, 0.05) is 29.2 Å². The first-order chi connectivity index (χ1) is 10.1. The molecule has 0 radical (unpaired) electrons. The Balaban J connectivity index is 1.76. The Morgan fingerprint density at radius 2 is 2.10 bits per heavy atom. The second kappa shape index (κ2) is 5.84. The van der Waals surface area contributed by atoms with Crippen LogP contribution in [0.25, 0.3) is 0 Å². The Morgan fingerprint density at radius 3 is 2.90 bits per heavy atom. The topological polar surface area (TPSA) is 55.2 Å². The van der Waals surface area contributed by atoms with Crippen LogP contribution in [-0.2, 0) is 13.0 Å². The van der Waals surface area contributed by atoms with Crippen molar-refractivity contribution in [1.29, 1.82) is 0 Å². The first-order valence-corrected chi connectivity index (χ1v) is 7.27. The molecule has 2 aromatic carbocycles. The lowest BCUT2D eigenvalue weighted by Gasteiger charge is -2.14. The van der Waals surface area contributed by atoms with Gasteiger partial charge in [0.1, 0.15) is 0 Å². The normalized spacial score (nSPS) is 16.7. The van der Waals surface area contributed by atoms with Gasteiger partial charge in [-0.15, -0.1) is 0 Å². The number of fused-ring (bicyclic) bond motifs is 1. The largest absolute Gasteiger partial charge is 0.306 e. The minimum atomic E-state index is -0.383. The number of hydrogen-bond donors (Lipinski definition) is 1. The predicted molar refractivity (Wildman–Crippen MR) is 82.5 cm³/mol. The van der Waals surface area contributed by atoms with E-state index in [1.54, 1.807) is 12.1 Å². The van der Waals surface area contributed by atoms with Gasteiger partial charge in [0.05, 0.1) is 4.92 Å². The fourth-order valence-corrected chi connectivity index (χ4v) is 3.03. The second-order valence-electron chi connectivity index (χ2n) is 5.20. The average Bonchev–Trinajstić information content (AvgIpc) is 2.89. The van der Waals surface area contributed by atoms with Crippen LogP contribution in [0.3, 0.4) is 0 Å². The molecule has 0 aliphatic heterocycles. The van der Waals surface area contributed by atoms with Crippen LogP contribution < -0.4 is 5.32 Å². The maximum Gasteiger partial charge on any atom is 0.275 e. The zero-order valence-electron chi connectivity index (χ0n) is 11.4. The summed E-state index contributed by atoms with van der Waals surface area (Å²) in [5, 5.41) is 14.9. The van der Waals surface area contributed by atoms with E-state index in [9.17, 15) is 10.1 Å². The molecule has 0 aromatic heterocycles. The number of benzene rings is 2. The van der Waals surface area contributed by atoms with Crippen LogP contribution in [0.4, 0.5) is 5.69 Å². The Hall–Kier alpha value is -1.91. The maximum absolute atomic E-state index is 11.1. The summed E-state index contributed by atoms with van der Waals surface area (Å²) in [6, 6.07) is 13.4. The van der Waals surface area contributed by atoms with E-state index < -0.39 is 0 Å². The van der Waals surface area contributed by atoms with E-state index in [2.05, 4.69) is 17.4 Å². The molecule has 21 heavy (non-hydrogen) atoms. The minimum absolute atomic E-state index is 0.0706. The fraction of sp³-hybridized carbons (Fsp3) is 0.250. The van der Waals surface area contributed by atoms with E-state index in [1.165, 1.54) is 17.2 Å². The van der Waals surface area contributed by atoms with Crippen molar-refractivity contribution in [3.05, 3.63) is 74.3 Å². The fourth-order valence-electron chi connectivity index (χ4n) is 2.86. The third kappa shape index (κ3) is 2.91. The first kappa shape index (κ1) is 14.0. The summed E-state index contributed by atoms with van der Waals surface area (Å²) in [6.07, 6.45) is 2.08. The lowest BCUT2D eigenvalue weighted by Crippen LogP contribution is -2.19. The van der Waals surface area contributed by atoms with E-state index in [0.29, 0.717) is 17.1 Å². The molecule has 0 heterocycles. The third-order valence-corrected chi connectivity index (χ3v) is 4.15. The second-order valence-corrected chi connectivity index (χ2v) is 5.64. The van der Waals surface area contributed by atoms with Gasteiger partial charge in [0.25, 0.3) is 5.69 Å². The summed E-state index contributed by atoms with van der Waals surface area (Å²) in [6.45, 7) is 0.465. The number of halogens is 1. The molecule has 1 atom stereocenters. The lowest BCUT2D eigenvalue weighted by atomic mass is 10.1. The number of nitro groups is 1. The van der Waals surface area contributed by atoms with Gasteiger partial charge >= 0.3 is 0 Å². The molecule has 5 heteroatoms. The molecule has 0 saturated carbocycles. The number of hydrogen-bond acceptors (Lipinski definition) is 3. The first-order valence-electron chi connectivity index (χ1n) is 6.89. The number of nitrogens with zero attached hydrogens (tertiary/aromatic N) is 1. The summed E-state index contributed by atoms with van der Waals surface area (Å²) >= 11 is 5.83. The number of rotatable bonds is 4. The van der Waals surface area contributed by atoms with E-state index in [1.807, 2.05) is 12.1 Å². The van der Waals surface area contributed by atoms with Crippen LogP contribution in [0, 0.1) is 10.1 Å². The minimum Gasteiger partial charge on any atom is -0.306 e. The standard InChI is InChI=1S/C16H15ClN2O2/c17-13-7-5-12(16(9-13)19(20)21)10-18-15-8-6-11-3-1-2-4-14(11)15/h1-5,7,9,15,18H,6,8,10H2. The van der Waals surface area contributed by atoms with E-state index >= 15 is 0 Å². The Morgan fingerprint density at radius 1 is 1.29 bits per heavy atom. The van der Waals surface area contributed by atoms with Crippen LogP contribution in [0.1, 0.15) is 29.2 Å². The molecule has 4 nitrogen and oxygen atoms in total. The quantitative estimate of drug-likeness (QED) is 0.685. The van der Waals surface area contributed by atoms with Gasteiger partial charge in [0.15, 0.2) is 0 Å². The highest BCUT2D eigenvalue weighted by Gasteiger charge is 2.22. The van der Waals surface area contributed by atoms with Gasteiger partial charge in [0.2, 0.25) is 0 Å². The van der Waals surface area contributed by atoms with Gasteiger partial charge in [-0.2, -0.15) is 0 Å². The number of nitro benzene ring substituents is 1. The molecule has 0 spiro atoms. The molecular formula is C16H15ClN2O2. The molecule has 0 fully saturated rings. The summed E-state index contributed by atoms with van der Waals surface area (Å²) < 4.78 is 0. The maximum atomic E-state index is 11.1. The van der Waals surface area contributed by atoms with E-state index in [0.717, 1.165) is 12.8 Å². The van der Waals surface area contributed by atoms with Crippen molar-refractivity contribution in [3.8, 4) is 0 Å². The highest BCUT2D eigenvalue weighted by molar-refractivity contribution is 6.30. The van der Waals surface area contributed by atoms with Gasteiger partial charge < -0.3 is 5.32 Å². The molecule has 1 aliphatic carbocycles. The molecule has 2 aromatic rings. The van der Waals surface area contributed by atoms with Gasteiger partial charge in [-0.1, -0.05) is 35.9 Å². The smallest absolute Gasteiger partial charge is 0.275 e. The lowest BCUT2D eigenvalue weighted by molar-refractivity contribution is -0.385. The van der Waals surface area contributed by atoms with Crippen molar-refractivity contribution >= 4 is 17.3 Å². The van der Waals surface area contributed by atoms with Crippen LogP contribution >= 0.6 is 11.6 Å². The predicted octanol–water partition coefficient (Wildman–Crippen LogP) is 4.03. The molecule has 0 bridgehead atoms. The highest BCUT2D eigenvalue weighted by Crippen LogP contribution is 2.31. The number of aryl methyl sites for hydroxylation is 1. The van der Waals surface area contributed by atoms with Crippen molar-refractivity contribution in [3.63, 3.8) is 0 Å². The summed E-state index contributed by atoms with van der Waals surface area (Å²) in [5.74, 6) is 0. The molecule has 0 saturated heterocycles. The van der Waals surface area contributed by atoms with Crippen molar-refractivity contribution in [2.75, 3.05) is 0 Å². The summed E-state index contributed by atoms with van der Waals surface area (Å²) in [7, 11) is 0. The van der Waals surface area contributed by atoms with Gasteiger partial charge in [-0.25, -0.2) is 0 Å². The molecule has 108 valence electrons. The zero-order valence-corrected chi connectivity index (χ0v) is 12.1. The third-order valence-electron chi connectivity index (χ3n) is 3.92. The van der Waals surface area contributed by atoms with Gasteiger partial charge in [-0.3, -0.25) is 10.1 Å². The van der Waals surface area contributed by atoms with Crippen molar-refractivity contribution < 1.29 is 4.92 Å². The molecule has 1 unspecified atom stereocenters. The molecule has 1 aliphatic rings. The summed E-state index contributed by atoms with van der Waals surface area (Å²) in [4.78, 5) is 10.7. The van der Waals surface area contributed by atoms with Crippen LogP contribution in [0.2, 0.25) is 5.02 Å². The molecular weight excluding hydrogens is 288 g/mol. The van der Waals surface area contributed by atoms with E-state index in [4.69, 9.17) is 11.6 Å². The van der Waals surface area contributed by atoms with Crippen LogP contribution in [0.15, 0.2) is 42.5 Å². The SMILES string of the molecule is O=[N+]([O-])c1cc(Cl)ccc1CNC1CCc2ccccc21. The Labute approximate surface area is 127 Å². The van der Waals surface area contributed by atoms with E-state index in [-0.39, 0.29) is 16.7 Å². The van der Waals surface area contributed by atoms with Crippen molar-refractivity contribution in [2.45, 2.75) is 25.4 Å². The van der Waals surface area contributed by atoms with Gasteiger partial charge in [-0.05, 0) is 36.1 Å². The summed E-state index contributed by atoms with van der Waals surface area (Å²) in [5.41, 5.74) is 3.39. The average molecular weight is 303 g/mol. The zero-order chi connectivity index (χ0) is 14.8. The van der Waals surface area contributed by atoms with Crippen LogP contribution in [-0.4, -0.2) is 4.92 Å². The Bertz CT molecular complexity index is 688.